The number of hydrogen-bond donors (Lipinski definition) is 0. The first-order valence-corrected chi connectivity index (χ1v) is 5.95. The van der Waals surface area contributed by atoms with Crippen molar-refractivity contribution in [3.05, 3.63) is 0 Å². The first-order valence-electron chi connectivity index (χ1n) is 5.95. The van der Waals surface area contributed by atoms with Gasteiger partial charge >= 0.3 is 85.7 Å². The zero-order valence-corrected chi connectivity index (χ0v) is 8.54. The monoisotopic (exact) mass is 187 g/mol. The molecule has 0 aromatic carbocycles. The van der Waals surface area contributed by atoms with Gasteiger partial charge in [0.25, 0.3) is 0 Å². The van der Waals surface area contributed by atoms with Crippen LogP contribution in [0.2, 0.25) is 0 Å². The van der Waals surface area contributed by atoms with E-state index >= 15 is 0 Å². The Morgan fingerprint density at radius 3 is 2.36 bits per heavy atom. The third kappa shape index (κ3) is 1.03. The molecule has 4 atom stereocenters. The van der Waals surface area contributed by atoms with Gasteiger partial charge in [0.15, 0.2) is 0 Å². The van der Waals surface area contributed by atoms with Gasteiger partial charge < -0.3 is 0 Å². The Bertz CT molecular complexity index is 269. The van der Waals surface area contributed by atoms with Crippen LogP contribution in [0.5, 0.6) is 0 Å². The summed E-state index contributed by atoms with van der Waals surface area (Å²) in [5.74, 6) is 2.56. The van der Waals surface area contributed by atoms with Gasteiger partial charge in [-0.2, -0.15) is 0 Å². The van der Waals surface area contributed by atoms with Gasteiger partial charge in [-0.25, -0.2) is 0 Å². The Balaban J connectivity index is 1.98. The molecule has 0 bridgehead atoms. The van der Waals surface area contributed by atoms with Gasteiger partial charge in [-0.15, -0.1) is 0 Å². The van der Waals surface area contributed by atoms with Crippen LogP contribution in [0, 0.1) is 23.7 Å². The predicted molar refractivity (Wildman–Crippen MR) is 57.4 cm³/mol. The van der Waals surface area contributed by atoms with Crippen LogP contribution < -0.4 is 0 Å². The van der Waals surface area contributed by atoms with Gasteiger partial charge in [-0.1, -0.05) is 0 Å². The van der Waals surface area contributed by atoms with E-state index in [0.717, 1.165) is 17.8 Å². The van der Waals surface area contributed by atoms with E-state index in [1.165, 1.54) is 32.1 Å². The molecule has 1 nitrogen and oxygen atoms in total. The minimum atomic E-state index is 0.312. The van der Waals surface area contributed by atoms with Crippen molar-refractivity contribution >= 4 is 18.7 Å². The summed E-state index contributed by atoms with van der Waals surface area (Å²) in [5, 5.41) is 0. The predicted octanol–water partition coefficient (Wildman–Crippen LogP) is 1.74. The molecule has 3 aliphatic carbocycles. The number of ketones is 1. The number of carbonyl (C=O) groups is 1. The Hall–Kier alpha value is -0.395. The van der Waals surface area contributed by atoms with E-state index in [9.17, 15) is 4.79 Å². The van der Waals surface area contributed by atoms with Crippen molar-refractivity contribution in [2.75, 3.05) is 0 Å². The van der Waals surface area contributed by atoms with Crippen molar-refractivity contribution in [1.29, 1.82) is 0 Å². The summed E-state index contributed by atoms with van der Waals surface area (Å²) in [7, 11) is 5.96. The maximum absolute atomic E-state index is 11.9. The van der Waals surface area contributed by atoms with Crippen molar-refractivity contribution in [2.45, 2.75) is 38.5 Å². The quantitative estimate of drug-likeness (QED) is 0.528. The standard InChI is InChI=1S/C12H16BO/c13-11-8-5-1-3-7-4-2-6-9(10(7)8)12(11)14/h7-10H,1-6H2. The van der Waals surface area contributed by atoms with E-state index in [-0.39, 0.29) is 0 Å². The van der Waals surface area contributed by atoms with Crippen LogP contribution in [-0.2, 0) is 4.79 Å². The van der Waals surface area contributed by atoms with E-state index in [1.54, 1.807) is 0 Å². The van der Waals surface area contributed by atoms with Crippen LogP contribution in [0.15, 0.2) is 0 Å². The maximum atomic E-state index is 11.9. The van der Waals surface area contributed by atoms with E-state index in [1.807, 2.05) is 0 Å². The van der Waals surface area contributed by atoms with E-state index in [4.69, 9.17) is 7.49 Å². The fourth-order valence-corrected chi connectivity index (χ4v) is 4.12. The molecule has 0 aliphatic heterocycles. The van der Waals surface area contributed by atoms with Gasteiger partial charge in [0.2, 0.25) is 0 Å². The fraction of sp³-hybridized carbons (Fsp3) is 0.833. The molecule has 0 spiro atoms. The van der Waals surface area contributed by atoms with Crippen molar-refractivity contribution in [3.8, 4) is 0 Å². The average molecular weight is 187 g/mol. The normalized spacial score (nSPS) is 46.5. The van der Waals surface area contributed by atoms with Gasteiger partial charge in [-0.05, 0) is 0 Å². The second-order valence-electron chi connectivity index (χ2n) is 5.23. The van der Waals surface area contributed by atoms with Crippen molar-refractivity contribution in [1.82, 2.24) is 0 Å². The van der Waals surface area contributed by atoms with Crippen molar-refractivity contribution in [2.24, 2.45) is 23.7 Å². The van der Waals surface area contributed by atoms with E-state index < -0.39 is 0 Å². The Morgan fingerprint density at radius 2 is 1.64 bits per heavy atom. The van der Waals surface area contributed by atoms with Crippen LogP contribution in [0.1, 0.15) is 38.5 Å². The summed E-state index contributed by atoms with van der Waals surface area (Å²) in [6.45, 7) is 0. The van der Waals surface area contributed by atoms with Gasteiger partial charge in [-0.3, -0.25) is 0 Å². The van der Waals surface area contributed by atoms with Crippen LogP contribution in [0.25, 0.3) is 0 Å². The molecule has 2 heteroatoms. The second kappa shape index (κ2) is 3.05. The third-order valence-corrected chi connectivity index (χ3v) is 4.67. The fourth-order valence-electron chi connectivity index (χ4n) is 4.12. The first-order chi connectivity index (χ1) is 6.79. The number of carbonyl (C=O) groups excluding carboxylic acids is 1. The summed E-state index contributed by atoms with van der Waals surface area (Å²) in [6.07, 6.45) is 7.51. The SMILES string of the molecule is [B]=C1C(=O)C2CCCC3CCCC1C32. The van der Waals surface area contributed by atoms with Crippen LogP contribution in [0.3, 0.4) is 0 Å². The van der Waals surface area contributed by atoms with Crippen LogP contribution in [0.4, 0.5) is 0 Å². The molecule has 1 radical (unpaired) electrons. The molecule has 3 saturated carbocycles. The molecule has 0 heterocycles. The van der Waals surface area contributed by atoms with Gasteiger partial charge in [0.1, 0.15) is 0 Å². The summed E-state index contributed by atoms with van der Waals surface area (Å²) in [6, 6.07) is 0. The van der Waals surface area contributed by atoms with Crippen LogP contribution in [-0.4, -0.2) is 18.7 Å². The topological polar surface area (TPSA) is 17.1 Å². The summed E-state index contributed by atoms with van der Waals surface area (Å²) >= 11 is 0. The average Bonchev–Trinajstić information content (AvgIpc) is 2.47. The van der Waals surface area contributed by atoms with Crippen LogP contribution >= 0.6 is 0 Å². The molecule has 0 aromatic rings. The van der Waals surface area contributed by atoms with Crippen molar-refractivity contribution < 1.29 is 4.79 Å². The molecular formula is C12H16BO. The van der Waals surface area contributed by atoms with E-state index in [0.29, 0.717) is 23.5 Å². The summed E-state index contributed by atoms with van der Waals surface area (Å²) in [4.78, 5) is 11.9. The molecule has 0 aromatic heterocycles. The number of rotatable bonds is 0. The summed E-state index contributed by atoms with van der Waals surface area (Å²) in [5.41, 5.74) is 0.728. The second-order valence-corrected chi connectivity index (χ2v) is 5.23. The third-order valence-electron chi connectivity index (χ3n) is 4.67. The number of Topliss-reactive ketones (excluding diaryl/α,β-unsaturated/α-hetero) is 1. The first kappa shape index (κ1) is 8.88. The number of hydrogen-bond acceptors (Lipinski definition) is 1. The zero-order chi connectivity index (χ0) is 9.71. The van der Waals surface area contributed by atoms with Crippen molar-refractivity contribution in [3.63, 3.8) is 0 Å². The van der Waals surface area contributed by atoms with E-state index in [2.05, 4.69) is 0 Å². The molecule has 0 N–H and O–H groups in total. The molecule has 73 valence electrons. The Kier molecular flexibility index (Phi) is 1.93. The minimum absolute atomic E-state index is 0.312. The summed E-state index contributed by atoms with van der Waals surface area (Å²) < 4.78 is 0. The molecule has 3 rings (SSSR count). The molecule has 4 unspecified atom stereocenters. The van der Waals surface area contributed by atoms with Gasteiger partial charge in [0, 0.05) is 0 Å². The molecule has 0 amide bonds. The molecule has 0 saturated heterocycles. The molecule has 3 fully saturated rings. The van der Waals surface area contributed by atoms with Gasteiger partial charge in [0.05, 0.1) is 0 Å². The molecule has 3 aliphatic rings. The molecule has 14 heavy (non-hydrogen) atoms. The Labute approximate surface area is 86.3 Å². The zero-order valence-electron chi connectivity index (χ0n) is 8.54. The Morgan fingerprint density at radius 1 is 1.00 bits per heavy atom. The molecular weight excluding hydrogens is 171 g/mol.